The van der Waals surface area contributed by atoms with Crippen molar-refractivity contribution in [3.8, 4) is 11.6 Å². The van der Waals surface area contributed by atoms with Crippen LogP contribution in [-0.4, -0.2) is 95.3 Å². The highest BCUT2D eigenvalue weighted by molar-refractivity contribution is 7.91. The molecule has 0 spiro atoms. The Morgan fingerprint density at radius 2 is 1.72 bits per heavy atom. The van der Waals surface area contributed by atoms with E-state index in [0.717, 1.165) is 32.1 Å². The first kappa shape index (κ1) is 43.4. The van der Waals surface area contributed by atoms with Crippen molar-refractivity contribution in [2.24, 2.45) is 17.3 Å². The van der Waals surface area contributed by atoms with Crippen LogP contribution in [0.4, 0.5) is 4.79 Å². The molecule has 3 fully saturated rings. The third-order valence-electron chi connectivity index (χ3n) is 12.7. The molecule has 58 heavy (non-hydrogen) atoms. The molecule has 1 saturated heterocycles. The van der Waals surface area contributed by atoms with Crippen molar-refractivity contribution in [1.29, 1.82) is 0 Å². The van der Waals surface area contributed by atoms with Crippen molar-refractivity contribution >= 4 is 44.9 Å². The van der Waals surface area contributed by atoms with Crippen LogP contribution in [0.1, 0.15) is 125 Å². The molecule has 7 atom stereocenters. The van der Waals surface area contributed by atoms with Gasteiger partial charge < -0.3 is 29.7 Å². The fourth-order valence-electron chi connectivity index (χ4n) is 8.48. The number of alkyl carbamates (subject to hydrolysis) is 1. The molecule has 2 aromatic rings. The number of aryl methyl sites for hydroxylation is 1. The number of hydrogen-bond donors (Lipinski definition) is 3. The lowest BCUT2D eigenvalue weighted by atomic mass is 9.85. The molecule has 1 aromatic heterocycles. The standard InChI is InChI=1S/C42H62N6O9S/c1-9-26-23-42(26,38(51)47-58(53,54)41(7)20-21-41)46-35(49)33-28(10-2)32-24-48(33)37(50)34(40(4,5)6)45-39(52)56-25(3)16-14-12-11-13-15-17-30-36(57-32)44-31-22-27(55-8)18-19-29(31)43-30/h18-19,22,25-26,28,32-34H,9-17,20-21,23-24H2,1-8H3,(H,45,52)(H,46,49)(H,47,51)/t25-,26-,28-,32+,33+,34-,42-/m1/s1. The van der Waals surface area contributed by atoms with Crippen LogP contribution < -0.4 is 24.8 Å². The second kappa shape index (κ2) is 16.8. The summed E-state index contributed by atoms with van der Waals surface area (Å²) in [6.45, 7) is 12.7. The Kier molecular flexibility index (Phi) is 12.6. The molecule has 0 unspecified atom stereocenters. The normalized spacial score (nSPS) is 29.3. The summed E-state index contributed by atoms with van der Waals surface area (Å²) in [5, 5.41) is 5.78. The lowest BCUT2D eigenvalue weighted by molar-refractivity contribution is -0.143. The first-order valence-electron chi connectivity index (χ1n) is 21.0. The van der Waals surface area contributed by atoms with E-state index in [4.69, 9.17) is 24.2 Å². The fraction of sp³-hybridized carbons (Fsp3) is 0.714. The molecule has 3 N–H and O–H groups in total. The second-order valence-corrected chi connectivity index (χ2v) is 20.3. The van der Waals surface area contributed by atoms with E-state index in [-0.39, 0.29) is 25.0 Å². The van der Waals surface area contributed by atoms with Gasteiger partial charge in [0.25, 0.3) is 5.91 Å². The van der Waals surface area contributed by atoms with Crippen LogP contribution in [0.3, 0.4) is 0 Å². The van der Waals surface area contributed by atoms with Gasteiger partial charge in [0.15, 0.2) is 0 Å². The van der Waals surface area contributed by atoms with E-state index in [9.17, 15) is 27.6 Å². The lowest BCUT2D eigenvalue weighted by Crippen LogP contribution is -2.61. The largest absolute Gasteiger partial charge is 0.497 e. The molecule has 2 aliphatic carbocycles. The zero-order chi connectivity index (χ0) is 42.2. The van der Waals surface area contributed by atoms with Gasteiger partial charge in [-0.3, -0.25) is 19.1 Å². The summed E-state index contributed by atoms with van der Waals surface area (Å²) in [4.78, 5) is 68.4. The van der Waals surface area contributed by atoms with Crippen LogP contribution in [0.15, 0.2) is 18.2 Å². The summed E-state index contributed by atoms with van der Waals surface area (Å²) in [6, 6.07) is 3.22. The highest BCUT2D eigenvalue weighted by Crippen LogP contribution is 2.48. The molecule has 320 valence electrons. The van der Waals surface area contributed by atoms with E-state index in [2.05, 4.69) is 15.4 Å². The molecule has 2 bridgehead atoms. The summed E-state index contributed by atoms with van der Waals surface area (Å²) >= 11 is 0. The number of sulfonamides is 1. The summed E-state index contributed by atoms with van der Waals surface area (Å²) in [6.07, 6.45) is 6.10. The van der Waals surface area contributed by atoms with E-state index < -0.39 is 73.6 Å². The van der Waals surface area contributed by atoms with Crippen LogP contribution >= 0.6 is 0 Å². The van der Waals surface area contributed by atoms with Crippen molar-refractivity contribution in [1.82, 2.24) is 30.2 Å². The van der Waals surface area contributed by atoms with E-state index in [1.165, 1.54) is 4.90 Å². The van der Waals surface area contributed by atoms with Gasteiger partial charge in [-0.2, -0.15) is 0 Å². The average molecular weight is 827 g/mol. The molecule has 6 rings (SSSR count). The zero-order valence-electron chi connectivity index (χ0n) is 35.3. The minimum absolute atomic E-state index is 0.0322. The molecule has 16 heteroatoms. The molecule has 4 amide bonds. The van der Waals surface area contributed by atoms with Crippen LogP contribution in [-0.2, 0) is 35.6 Å². The maximum Gasteiger partial charge on any atom is 0.408 e. The Morgan fingerprint density at radius 3 is 2.36 bits per heavy atom. The number of nitrogens with zero attached hydrogens (tertiary/aromatic N) is 3. The van der Waals surface area contributed by atoms with Crippen molar-refractivity contribution < 1.29 is 41.8 Å². The smallest absolute Gasteiger partial charge is 0.408 e. The minimum atomic E-state index is -3.99. The Morgan fingerprint density at radius 1 is 1.02 bits per heavy atom. The first-order chi connectivity index (χ1) is 27.4. The van der Waals surface area contributed by atoms with Crippen LogP contribution in [0.5, 0.6) is 11.6 Å². The Hall–Kier alpha value is -4.21. The Labute approximate surface area is 342 Å². The molecular formula is C42H62N6O9S. The number of cyclic esters (lactones) is 1. The van der Waals surface area contributed by atoms with Gasteiger partial charge in [-0.1, -0.05) is 60.3 Å². The number of carbonyl (C=O) groups is 4. The molecule has 0 radical (unpaired) electrons. The molecule has 1 aromatic carbocycles. The molecular weight excluding hydrogens is 765 g/mol. The number of rotatable bonds is 8. The number of ether oxygens (including phenoxy) is 3. The van der Waals surface area contributed by atoms with Gasteiger partial charge in [-0.05, 0) is 88.7 Å². The number of methoxy groups -OCH3 is 1. The predicted molar refractivity (Wildman–Crippen MR) is 217 cm³/mol. The summed E-state index contributed by atoms with van der Waals surface area (Å²) in [5.74, 6) is -1.88. The number of aromatic nitrogens is 2. The van der Waals surface area contributed by atoms with E-state index in [1.807, 2.05) is 53.7 Å². The molecule has 2 aliphatic heterocycles. The van der Waals surface area contributed by atoms with Gasteiger partial charge in [0.2, 0.25) is 27.7 Å². The predicted octanol–water partition coefficient (Wildman–Crippen LogP) is 5.33. The molecule has 15 nitrogen and oxygen atoms in total. The van der Waals surface area contributed by atoms with Crippen LogP contribution in [0.2, 0.25) is 0 Å². The van der Waals surface area contributed by atoms with Gasteiger partial charge in [-0.25, -0.2) is 23.2 Å². The zero-order valence-corrected chi connectivity index (χ0v) is 36.1. The maximum absolute atomic E-state index is 14.9. The summed E-state index contributed by atoms with van der Waals surface area (Å²) in [7, 11) is -2.41. The van der Waals surface area contributed by atoms with Crippen LogP contribution in [0, 0.1) is 17.3 Å². The van der Waals surface area contributed by atoms with E-state index in [0.29, 0.717) is 66.9 Å². The number of amides is 4. The fourth-order valence-corrected chi connectivity index (χ4v) is 9.79. The molecule has 3 heterocycles. The monoisotopic (exact) mass is 826 g/mol. The Balaban J connectivity index is 1.40. The van der Waals surface area contributed by atoms with Crippen molar-refractivity contribution in [3.63, 3.8) is 0 Å². The maximum atomic E-state index is 14.9. The van der Waals surface area contributed by atoms with Crippen molar-refractivity contribution in [2.45, 2.75) is 160 Å². The number of carbonyl (C=O) groups excluding carboxylic acids is 4. The number of hydrogen-bond acceptors (Lipinski definition) is 11. The highest BCUT2D eigenvalue weighted by atomic mass is 32.2. The number of benzene rings is 1. The summed E-state index contributed by atoms with van der Waals surface area (Å²) in [5.41, 5.74) is -0.366. The third kappa shape index (κ3) is 9.01. The lowest BCUT2D eigenvalue weighted by Gasteiger charge is -2.36. The molecule has 2 saturated carbocycles. The number of nitrogens with one attached hydrogen (secondary N) is 3. The second-order valence-electron chi connectivity index (χ2n) is 18.1. The van der Waals surface area contributed by atoms with Crippen molar-refractivity contribution in [3.05, 3.63) is 23.9 Å². The van der Waals surface area contributed by atoms with Gasteiger partial charge in [0.05, 0.1) is 29.4 Å². The third-order valence-corrected chi connectivity index (χ3v) is 14.8. The molecule has 4 aliphatic rings. The quantitative estimate of drug-likeness (QED) is 0.311. The SMILES string of the molecule is CC[C@@H]1[C@@H]2CN(C(=O)[C@H](C(C)(C)C)NC(=O)O[C@H](C)CCCCCCCc3nc4ccc(OC)cc4nc3O2)[C@@H]1C(=O)N[C@]1(C(=O)NS(=O)(=O)C2(C)CC2)C[C@H]1CC. The van der Waals surface area contributed by atoms with Gasteiger partial charge in [-0.15, -0.1) is 0 Å². The Bertz CT molecular complexity index is 2000. The first-order valence-corrected chi connectivity index (χ1v) is 22.5. The minimum Gasteiger partial charge on any atom is -0.497 e. The van der Waals surface area contributed by atoms with Crippen LogP contribution in [0.25, 0.3) is 11.0 Å². The average Bonchev–Trinajstić information content (AvgIpc) is 4.06. The van der Waals surface area contributed by atoms with E-state index in [1.54, 1.807) is 20.1 Å². The van der Waals surface area contributed by atoms with Crippen molar-refractivity contribution in [2.75, 3.05) is 13.7 Å². The van der Waals surface area contributed by atoms with Gasteiger partial charge in [0.1, 0.15) is 41.3 Å². The number of fused-ring (bicyclic) bond motifs is 4. The van der Waals surface area contributed by atoms with E-state index >= 15 is 0 Å². The van der Waals surface area contributed by atoms with Gasteiger partial charge in [0, 0.05) is 12.0 Å². The van der Waals surface area contributed by atoms with Gasteiger partial charge >= 0.3 is 6.09 Å². The summed E-state index contributed by atoms with van der Waals surface area (Å²) < 4.78 is 45.6. The topological polar surface area (TPSA) is 195 Å². The highest BCUT2D eigenvalue weighted by Gasteiger charge is 2.64.